The zero-order valence-corrected chi connectivity index (χ0v) is 9.92. The summed E-state index contributed by atoms with van der Waals surface area (Å²) in [6.07, 6.45) is 4.56. The number of hydrogen-bond donors (Lipinski definition) is 2. The lowest BCUT2D eigenvalue weighted by Crippen LogP contribution is -2.34. The van der Waals surface area contributed by atoms with Gasteiger partial charge in [0.25, 0.3) is 0 Å². The molecule has 16 heavy (non-hydrogen) atoms. The molecule has 4 heteroatoms. The van der Waals surface area contributed by atoms with Gasteiger partial charge in [-0.3, -0.25) is 9.78 Å². The minimum atomic E-state index is 0.0448. The summed E-state index contributed by atoms with van der Waals surface area (Å²) in [5.74, 6) is 0.0448. The molecule has 0 radical (unpaired) electrons. The molecule has 0 fully saturated rings. The molecule has 0 saturated heterocycles. The van der Waals surface area contributed by atoms with E-state index in [9.17, 15) is 4.79 Å². The third-order valence-corrected chi connectivity index (χ3v) is 2.32. The lowest BCUT2D eigenvalue weighted by atomic mass is 10.1. The van der Waals surface area contributed by atoms with Gasteiger partial charge in [-0.25, -0.2) is 0 Å². The van der Waals surface area contributed by atoms with E-state index >= 15 is 0 Å². The molecular formula is C12H19N3O. The minimum Gasteiger partial charge on any atom is -0.355 e. The summed E-state index contributed by atoms with van der Waals surface area (Å²) in [5, 5.41) is 5.92. The molecule has 0 aliphatic carbocycles. The molecule has 0 atom stereocenters. The molecule has 0 spiro atoms. The normalized spacial score (nSPS) is 10.1. The molecule has 2 N–H and O–H groups in total. The third-order valence-electron chi connectivity index (χ3n) is 2.32. The molecule has 1 rings (SSSR count). The molecule has 4 nitrogen and oxygen atoms in total. The molecule has 0 bridgehead atoms. The quantitative estimate of drug-likeness (QED) is 0.753. The molecular weight excluding hydrogens is 202 g/mol. The van der Waals surface area contributed by atoms with Crippen LogP contribution in [0.2, 0.25) is 0 Å². The van der Waals surface area contributed by atoms with E-state index in [-0.39, 0.29) is 5.91 Å². The van der Waals surface area contributed by atoms with Crippen LogP contribution in [0.15, 0.2) is 18.5 Å². The van der Waals surface area contributed by atoms with Crippen LogP contribution >= 0.6 is 0 Å². The summed E-state index contributed by atoms with van der Waals surface area (Å²) in [6, 6.07) is 1.97. The molecule has 88 valence electrons. The van der Waals surface area contributed by atoms with Crippen LogP contribution in [0.25, 0.3) is 0 Å². The minimum absolute atomic E-state index is 0.0448. The van der Waals surface area contributed by atoms with Crippen molar-refractivity contribution in [2.75, 3.05) is 13.1 Å². The Bertz CT molecular complexity index is 339. The summed E-state index contributed by atoms with van der Waals surface area (Å²) in [5.41, 5.74) is 2.32. The number of nitrogens with zero attached hydrogens (tertiary/aromatic N) is 1. The molecule has 1 aromatic rings. The Morgan fingerprint density at radius 3 is 3.00 bits per heavy atom. The maximum absolute atomic E-state index is 11.3. The smallest absolute Gasteiger partial charge is 0.233 e. The molecule has 0 saturated carbocycles. The fourth-order valence-corrected chi connectivity index (χ4v) is 1.32. The zero-order chi connectivity index (χ0) is 11.8. The largest absolute Gasteiger partial charge is 0.355 e. The van der Waals surface area contributed by atoms with Gasteiger partial charge in [-0.1, -0.05) is 6.92 Å². The number of pyridine rings is 1. The highest BCUT2D eigenvalue weighted by Crippen LogP contribution is 2.03. The Morgan fingerprint density at radius 2 is 2.31 bits per heavy atom. The van der Waals surface area contributed by atoms with E-state index < -0.39 is 0 Å². The lowest BCUT2D eigenvalue weighted by Gasteiger charge is -2.07. The number of aromatic nitrogens is 1. The second kappa shape index (κ2) is 6.95. The van der Waals surface area contributed by atoms with Gasteiger partial charge in [0.1, 0.15) is 0 Å². The maximum Gasteiger partial charge on any atom is 0.233 e. The Kier molecular flexibility index (Phi) is 5.50. The van der Waals surface area contributed by atoms with Crippen molar-refractivity contribution in [3.8, 4) is 0 Å². The second-order valence-electron chi connectivity index (χ2n) is 3.76. The highest BCUT2D eigenvalue weighted by Gasteiger charge is 2.00. The highest BCUT2D eigenvalue weighted by molar-refractivity contribution is 5.77. The number of carbonyl (C=O) groups excluding carboxylic acids is 1. The van der Waals surface area contributed by atoms with Gasteiger partial charge in [0, 0.05) is 25.5 Å². The number of aryl methyl sites for hydroxylation is 1. The molecule has 0 aliphatic heterocycles. The van der Waals surface area contributed by atoms with Crippen molar-refractivity contribution in [1.82, 2.24) is 15.6 Å². The zero-order valence-electron chi connectivity index (χ0n) is 9.92. The molecule has 0 aromatic carbocycles. The van der Waals surface area contributed by atoms with Crippen molar-refractivity contribution in [3.63, 3.8) is 0 Å². The van der Waals surface area contributed by atoms with Crippen molar-refractivity contribution < 1.29 is 4.79 Å². The van der Waals surface area contributed by atoms with Crippen molar-refractivity contribution in [2.45, 2.75) is 26.8 Å². The second-order valence-corrected chi connectivity index (χ2v) is 3.76. The predicted octanol–water partition coefficient (Wildman–Crippen LogP) is 1.01. The Labute approximate surface area is 96.5 Å². The molecule has 1 aromatic heterocycles. The van der Waals surface area contributed by atoms with Crippen molar-refractivity contribution in [2.24, 2.45) is 0 Å². The van der Waals surface area contributed by atoms with E-state index in [4.69, 9.17) is 0 Å². The number of rotatable bonds is 6. The summed E-state index contributed by atoms with van der Waals surface area (Å²) in [7, 11) is 0. The Hall–Kier alpha value is -1.42. The van der Waals surface area contributed by atoms with Gasteiger partial charge in [0.2, 0.25) is 5.91 Å². The van der Waals surface area contributed by atoms with Crippen molar-refractivity contribution >= 4 is 5.91 Å². The molecule has 1 amide bonds. The summed E-state index contributed by atoms with van der Waals surface area (Å²) >= 11 is 0. The fourth-order valence-electron chi connectivity index (χ4n) is 1.32. The summed E-state index contributed by atoms with van der Waals surface area (Å²) in [6.45, 7) is 5.85. The van der Waals surface area contributed by atoms with E-state index in [2.05, 4.69) is 15.6 Å². The molecule has 0 aliphatic rings. The first-order valence-electron chi connectivity index (χ1n) is 5.61. The first kappa shape index (κ1) is 12.6. The molecule has 1 heterocycles. The van der Waals surface area contributed by atoms with Gasteiger partial charge in [0.15, 0.2) is 0 Å². The van der Waals surface area contributed by atoms with Gasteiger partial charge in [-0.2, -0.15) is 0 Å². The third kappa shape index (κ3) is 4.40. The number of amides is 1. The van der Waals surface area contributed by atoms with Crippen molar-refractivity contribution in [3.05, 3.63) is 29.6 Å². The van der Waals surface area contributed by atoms with Crippen LogP contribution in [0.3, 0.4) is 0 Å². The van der Waals surface area contributed by atoms with Crippen LogP contribution in [0, 0.1) is 6.92 Å². The van der Waals surface area contributed by atoms with E-state index in [1.165, 1.54) is 5.56 Å². The van der Waals surface area contributed by atoms with E-state index in [0.29, 0.717) is 13.1 Å². The standard InChI is InChI=1S/C12H19N3O/c1-3-5-15-12(16)9-14-8-11-7-13-6-4-10(11)2/h4,6-7,14H,3,5,8-9H2,1-2H3,(H,15,16). The number of hydrogen-bond acceptors (Lipinski definition) is 3. The summed E-state index contributed by atoms with van der Waals surface area (Å²) < 4.78 is 0. The maximum atomic E-state index is 11.3. The lowest BCUT2D eigenvalue weighted by molar-refractivity contribution is -0.120. The Morgan fingerprint density at radius 1 is 1.50 bits per heavy atom. The van der Waals surface area contributed by atoms with Crippen LogP contribution in [-0.2, 0) is 11.3 Å². The van der Waals surface area contributed by atoms with Gasteiger partial charge in [-0.15, -0.1) is 0 Å². The van der Waals surface area contributed by atoms with Crippen LogP contribution in [0.4, 0.5) is 0 Å². The van der Waals surface area contributed by atoms with Crippen LogP contribution in [-0.4, -0.2) is 24.0 Å². The van der Waals surface area contributed by atoms with Crippen LogP contribution in [0.1, 0.15) is 24.5 Å². The van der Waals surface area contributed by atoms with E-state index in [1.54, 1.807) is 6.20 Å². The van der Waals surface area contributed by atoms with Gasteiger partial charge in [0.05, 0.1) is 6.54 Å². The highest BCUT2D eigenvalue weighted by atomic mass is 16.1. The first-order chi connectivity index (χ1) is 7.74. The van der Waals surface area contributed by atoms with Crippen LogP contribution in [0.5, 0.6) is 0 Å². The van der Waals surface area contributed by atoms with Crippen molar-refractivity contribution in [1.29, 1.82) is 0 Å². The fraction of sp³-hybridized carbons (Fsp3) is 0.500. The monoisotopic (exact) mass is 221 g/mol. The van der Waals surface area contributed by atoms with Gasteiger partial charge >= 0.3 is 0 Å². The number of carbonyl (C=O) groups is 1. The average molecular weight is 221 g/mol. The topological polar surface area (TPSA) is 54.0 Å². The summed E-state index contributed by atoms with van der Waals surface area (Å²) in [4.78, 5) is 15.3. The van der Waals surface area contributed by atoms with Gasteiger partial charge < -0.3 is 10.6 Å². The number of nitrogens with one attached hydrogen (secondary N) is 2. The van der Waals surface area contributed by atoms with Gasteiger partial charge in [-0.05, 0) is 30.5 Å². The average Bonchev–Trinajstić information content (AvgIpc) is 2.29. The molecule has 0 unspecified atom stereocenters. The predicted molar refractivity (Wildman–Crippen MR) is 64.0 cm³/mol. The Balaban J connectivity index is 2.25. The van der Waals surface area contributed by atoms with Crippen LogP contribution < -0.4 is 10.6 Å². The van der Waals surface area contributed by atoms with E-state index in [1.807, 2.05) is 26.1 Å². The first-order valence-corrected chi connectivity index (χ1v) is 5.61. The van der Waals surface area contributed by atoms with E-state index in [0.717, 1.165) is 18.5 Å². The SMILES string of the molecule is CCCNC(=O)CNCc1cnccc1C.